The summed E-state index contributed by atoms with van der Waals surface area (Å²) in [5.41, 5.74) is 1.35. The number of rotatable bonds is 4. The zero-order chi connectivity index (χ0) is 10.7. The molecule has 0 saturated carbocycles. The maximum atomic E-state index is 12.9. The first kappa shape index (κ1) is 9.92. The summed E-state index contributed by atoms with van der Waals surface area (Å²) in [6.45, 7) is 1.27. The second-order valence-corrected chi connectivity index (χ2v) is 3.16. The summed E-state index contributed by atoms with van der Waals surface area (Å²) in [7, 11) is 1.84. The zero-order valence-electron chi connectivity index (χ0n) is 8.38. The van der Waals surface area contributed by atoms with Gasteiger partial charge in [0.05, 0.1) is 11.0 Å². The van der Waals surface area contributed by atoms with Gasteiger partial charge in [-0.1, -0.05) is 0 Å². The molecule has 0 amide bonds. The highest BCUT2D eigenvalue weighted by Crippen LogP contribution is 2.16. The summed E-state index contributed by atoms with van der Waals surface area (Å²) >= 11 is 0. The van der Waals surface area contributed by atoms with Crippen LogP contribution in [0.3, 0.4) is 0 Å². The van der Waals surface area contributed by atoms with Crippen LogP contribution in [0.2, 0.25) is 0 Å². The Bertz CT molecular complexity index is 455. The molecule has 1 aromatic heterocycles. The molecule has 0 saturated heterocycles. The standard InChI is InChI=1S/C10H12FN3O/c1-12-4-5-15-10-13-8-3-2-7(11)6-9(8)14-10/h2-3,6,12H,4-5H2,1H3,(H,13,14). The average molecular weight is 209 g/mol. The molecule has 80 valence electrons. The van der Waals surface area contributed by atoms with Crippen LogP contribution in [-0.2, 0) is 0 Å². The van der Waals surface area contributed by atoms with E-state index in [0.29, 0.717) is 23.7 Å². The Hall–Kier alpha value is -1.62. The molecule has 2 rings (SSSR count). The number of nitrogens with zero attached hydrogens (tertiary/aromatic N) is 1. The van der Waals surface area contributed by atoms with Gasteiger partial charge in [0.1, 0.15) is 12.4 Å². The number of fused-ring (bicyclic) bond motifs is 1. The Morgan fingerprint density at radius 2 is 2.40 bits per heavy atom. The maximum absolute atomic E-state index is 12.9. The lowest BCUT2D eigenvalue weighted by Crippen LogP contribution is -2.16. The van der Waals surface area contributed by atoms with Crippen molar-refractivity contribution >= 4 is 11.0 Å². The van der Waals surface area contributed by atoms with Gasteiger partial charge in [0, 0.05) is 6.54 Å². The number of halogens is 1. The molecule has 1 heterocycles. The monoisotopic (exact) mass is 209 g/mol. The molecular weight excluding hydrogens is 197 g/mol. The molecule has 2 N–H and O–H groups in total. The highest BCUT2D eigenvalue weighted by atomic mass is 19.1. The lowest BCUT2D eigenvalue weighted by atomic mass is 10.3. The van der Waals surface area contributed by atoms with Crippen LogP contribution < -0.4 is 10.1 Å². The second kappa shape index (κ2) is 4.27. The van der Waals surface area contributed by atoms with E-state index in [2.05, 4.69) is 15.3 Å². The third-order valence-electron chi connectivity index (χ3n) is 2.01. The van der Waals surface area contributed by atoms with Crippen molar-refractivity contribution in [2.75, 3.05) is 20.2 Å². The molecular formula is C10H12FN3O. The van der Waals surface area contributed by atoms with Crippen molar-refractivity contribution in [3.63, 3.8) is 0 Å². The third-order valence-corrected chi connectivity index (χ3v) is 2.01. The van der Waals surface area contributed by atoms with Gasteiger partial charge in [-0.2, -0.15) is 4.98 Å². The van der Waals surface area contributed by atoms with E-state index in [4.69, 9.17) is 4.74 Å². The smallest absolute Gasteiger partial charge is 0.294 e. The summed E-state index contributed by atoms with van der Waals surface area (Å²) in [6.07, 6.45) is 0. The summed E-state index contributed by atoms with van der Waals surface area (Å²) < 4.78 is 18.2. The number of nitrogens with one attached hydrogen (secondary N) is 2. The fourth-order valence-corrected chi connectivity index (χ4v) is 1.28. The minimum Gasteiger partial charge on any atom is -0.463 e. The van der Waals surface area contributed by atoms with Gasteiger partial charge >= 0.3 is 0 Å². The van der Waals surface area contributed by atoms with Crippen LogP contribution in [0.15, 0.2) is 18.2 Å². The molecule has 1 aromatic carbocycles. The Morgan fingerprint density at radius 1 is 1.53 bits per heavy atom. The van der Waals surface area contributed by atoms with E-state index in [1.54, 1.807) is 6.07 Å². The number of imidazole rings is 1. The predicted octanol–water partition coefficient (Wildman–Crippen LogP) is 1.30. The Kier molecular flexibility index (Phi) is 2.82. The van der Waals surface area contributed by atoms with Gasteiger partial charge in [-0.25, -0.2) is 4.39 Å². The summed E-state index contributed by atoms with van der Waals surface area (Å²) in [4.78, 5) is 7.05. The topological polar surface area (TPSA) is 49.9 Å². The molecule has 15 heavy (non-hydrogen) atoms. The van der Waals surface area contributed by atoms with E-state index < -0.39 is 0 Å². The molecule has 0 bridgehead atoms. The molecule has 5 heteroatoms. The molecule has 2 aromatic rings. The normalized spacial score (nSPS) is 10.8. The van der Waals surface area contributed by atoms with Gasteiger partial charge < -0.3 is 15.0 Å². The van der Waals surface area contributed by atoms with Crippen molar-refractivity contribution in [3.05, 3.63) is 24.0 Å². The summed E-state index contributed by atoms with van der Waals surface area (Å²) in [5.74, 6) is -0.284. The summed E-state index contributed by atoms with van der Waals surface area (Å²) in [5, 5.41) is 2.95. The first-order valence-corrected chi connectivity index (χ1v) is 4.72. The Labute approximate surface area is 86.5 Å². The first-order chi connectivity index (χ1) is 7.29. The van der Waals surface area contributed by atoms with Crippen molar-refractivity contribution in [2.24, 2.45) is 0 Å². The largest absolute Gasteiger partial charge is 0.463 e. The molecule has 0 radical (unpaired) electrons. The lowest BCUT2D eigenvalue weighted by Gasteiger charge is -1.99. The van der Waals surface area contributed by atoms with E-state index in [9.17, 15) is 4.39 Å². The molecule has 0 aliphatic heterocycles. The molecule has 0 atom stereocenters. The SMILES string of the molecule is CNCCOc1nc2ccc(F)cc2[nH]1. The highest BCUT2D eigenvalue weighted by molar-refractivity contribution is 5.75. The number of hydrogen-bond donors (Lipinski definition) is 2. The van der Waals surface area contributed by atoms with Gasteiger partial charge in [-0.05, 0) is 25.2 Å². The fourth-order valence-electron chi connectivity index (χ4n) is 1.28. The van der Waals surface area contributed by atoms with Crippen molar-refractivity contribution in [1.29, 1.82) is 0 Å². The van der Waals surface area contributed by atoms with Crippen molar-refractivity contribution in [1.82, 2.24) is 15.3 Å². The Morgan fingerprint density at radius 3 is 3.20 bits per heavy atom. The molecule has 4 nitrogen and oxygen atoms in total. The quantitative estimate of drug-likeness (QED) is 0.746. The maximum Gasteiger partial charge on any atom is 0.294 e. The fraction of sp³-hybridized carbons (Fsp3) is 0.300. The van der Waals surface area contributed by atoms with E-state index in [1.165, 1.54) is 12.1 Å². The van der Waals surface area contributed by atoms with Gasteiger partial charge in [0.25, 0.3) is 6.01 Å². The predicted molar refractivity (Wildman–Crippen MR) is 55.5 cm³/mol. The molecule has 0 spiro atoms. The molecule has 0 fully saturated rings. The second-order valence-electron chi connectivity index (χ2n) is 3.16. The first-order valence-electron chi connectivity index (χ1n) is 4.72. The van der Waals surface area contributed by atoms with Crippen LogP contribution in [0, 0.1) is 5.82 Å². The van der Waals surface area contributed by atoms with Crippen LogP contribution in [0.5, 0.6) is 6.01 Å². The van der Waals surface area contributed by atoms with Gasteiger partial charge in [-0.15, -0.1) is 0 Å². The van der Waals surface area contributed by atoms with Crippen LogP contribution in [0.4, 0.5) is 4.39 Å². The van der Waals surface area contributed by atoms with Gasteiger partial charge in [0.15, 0.2) is 0 Å². The number of hydrogen-bond acceptors (Lipinski definition) is 3. The van der Waals surface area contributed by atoms with Crippen LogP contribution in [0.25, 0.3) is 11.0 Å². The number of aromatic amines is 1. The van der Waals surface area contributed by atoms with Gasteiger partial charge in [-0.3, -0.25) is 0 Å². The lowest BCUT2D eigenvalue weighted by molar-refractivity contribution is 0.297. The minimum absolute atomic E-state index is 0.284. The molecule has 0 unspecified atom stereocenters. The highest BCUT2D eigenvalue weighted by Gasteiger charge is 2.03. The van der Waals surface area contributed by atoms with E-state index >= 15 is 0 Å². The number of benzene rings is 1. The third kappa shape index (κ3) is 2.24. The van der Waals surface area contributed by atoms with Crippen LogP contribution in [-0.4, -0.2) is 30.2 Å². The number of aromatic nitrogens is 2. The molecule has 0 aliphatic rings. The zero-order valence-corrected chi connectivity index (χ0v) is 8.38. The molecule has 0 aliphatic carbocycles. The summed E-state index contributed by atoms with van der Waals surface area (Å²) in [6, 6.07) is 4.81. The number of ether oxygens (including phenoxy) is 1. The van der Waals surface area contributed by atoms with E-state index in [0.717, 1.165) is 6.54 Å². The number of likely N-dealkylation sites (N-methyl/N-ethyl adjacent to an activating group) is 1. The van der Waals surface area contributed by atoms with Crippen molar-refractivity contribution < 1.29 is 9.13 Å². The van der Waals surface area contributed by atoms with Crippen LogP contribution >= 0.6 is 0 Å². The number of H-pyrrole nitrogens is 1. The van der Waals surface area contributed by atoms with E-state index in [1.807, 2.05) is 7.05 Å². The van der Waals surface area contributed by atoms with E-state index in [-0.39, 0.29) is 5.82 Å². The van der Waals surface area contributed by atoms with Crippen molar-refractivity contribution in [3.8, 4) is 6.01 Å². The Balaban J connectivity index is 2.16. The average Bonchev–Trinajstić information content (AvgIpc) is 2.60. The minimum atomic E-state index is -0.284. The van der Waals surface area contributed by atoms with Crippen LogP contribution in [0.1, 0.15) is 0 Å². The van der Waals surface area contributed by atoms with Crippen molar-refractivity contribution in [2.45, 2.75) is 0 Å². The van der Waals surface area contributed by atoms with Gasteiger partial charge in [0.2, 0.25) is 0 Å².